The van der Waals surface area contributed by atoms with Gasteiger partial charge in [0.15, 0.2) is 0 Å². The van der Waals surface area contributed by atoms with Crippen molar-refractivity contribution in [2.75, 3.05) is 0 Å². The lowest BCUT2D eigenvalue weighted by atomic mass is 10.1. The van der Waals surface area contributed by atoms with Crippen LogP contribution in [0.4, 0.5) is 0 Å². The SMILES string of the molecule is O=C(O)c1cn(Cc2cc(OCc3ccccc3)cc(OCc3ccccc3)c2)cc1-c1ccccc1. The Morgan fingerprint density at radius 2 is 1.16 bits per heavy atom. The second-order valence-corrected chi connectivity index (χ2v) is 8.79. The van der Waals surface area contributed by atoms with E-state index in [0.717, 1.165) is 22.3 Å². The Hall–Kier alpha value is -4.77. The average molecular weight is 490 g/mol. The molecule has 0 amide bonds. The number of aromatic nitrogens is 1. The number of hydrogen-bond acceptors (Lipinski definition) is 3. The van der Waals surface area contributed by atoms with Crippen molar-refractivity contribution in [2.24, 2.45) is 0 Å². The number of aromatic carboxylic acids is 1. The molecule has 0 atom stereocenters. The Balaban J connectivity index is 1.42. The molecule has 4 aromatic carbocycles. The van der Waals surface area contributed by atoms with E-state index in [0.29, 0.717) is 36.8 Å². The second-order valence-electron chi connectivity index (χ2n) is 8.79. The molecule has 5 rings (SSSR count). The molecule has 37 heavy (non-hydrogen) atoms. The fourth-order valence-corrected chi connectivity index (χ4v) is 4.20. The lowest BCUT2D eigenvalue weighted by molar-refractivity contribution is 0.0697. The van der Waals surface area contributed by atoms with Crippen molar-refractivity contribution in [3.63, 3.8) is 0 Å². The fourth-order valence-electron chi connectivity index (χ4n) is 4.20. The molecule has 0 unspecified atom stereocenters. The third kappa shape index (κ3) is 6.27. The maximum absolute atomic E-state index is 12.0. The van der Waals surface area contributed by atoms with Crippen molar-refractivity contribution in [2.45, 2.75) is 19.8 Å². The van der Waals surface area contributed by atoms with E-state index in [9.17, 15) is 9.90 Å². The molecule has 1 N–H and O–H groups in total. The van der Waals surface area contributed by atoms with Crippen LogP contribution < -0.4 is 9.47 Å². The minimum atomic E-state index is -0.954. The Morgan fingerprint density at radius 1 is 0.649 bits per heavy atom. The van der Waals surface area contributed by atoms with Crippen molar-refractivity contribution in [3.05, 3.63) is 144 Å². The summed E-state index contributed by atoms with van der Waals surface area (Å²) in [6.45, 7) is 1.35. The number of carbonyl (C=O) groups is 1. The number of benzene rings is 4. The number of hydrogen-bond donors (Lipinski definition) is 1. The molecule has 0 fully saturated rings. The van der Waals surface area contributed by atoms with Crippen LogP contribution >= 0.6 is 0 Å². The van der Waals surface area contributed by atoms with Crippen LogP contribution in [-0.4, -0.2) is 15.6 Å². The Kier molecular flexibility index (Phi) is 7.32. The highest BCUT2D eigenvalue weighted by Crippen LogP contribution is 2.28. The minimum Gasteiger partial charge on any atom is -0.489 e. The molecule has 0 aliphatic rings. The van der Waals surface area contributed by atoms with Crippen molar-refractivity contribution >= 4 is 5.97 Å². The zero-order valence-electron chi connectivity index (χ0n) is 20.3. The lowest BCUT2D eigenvalue weighted by Gasteiger charge is -2.13. The molecule has 1 heterocycles. The monoisotopic (exact) mass is 489 g/mol. The number of carboxylic acids is 1. The first-order valence-corrected chi connectivity index (χ1v) is 12.1. The van der Waals surface area contributed by atoms with E-state index in [4.69, 9.17) is 9.47 Å². The van der Waals surface area contributed by atoms with Gasteiger partial charge in [0.1, 0.15) is 24.7 Å². The summed E-state index contributed by atoms with van der Waals surface area (Å²) in [5.41, 5.74) is 4.91. The summed E-state index contributed by atoms with van der Waals surface area (Å²) in [4.78, 5) is 12.0. The lowest BCUT2D eigenvalue weighted by Crippen LogP contribution is -2.02. The Bertz CT molecular complexity index is 1400. The first kappa shape index (κ1) is 23.9. The first-order chi connectivity index (χ1) is 18.1. The van der Waals surface area contributed by atoms with E-state index < -0.39 is 5.97 Å². The van der Waals surface area contributed by atoms with Crippen LogP contribution in [0, 0.1) is 0 Å². The third-order valence-corrected chi connectivity index (χ3v) is 6.00. The van der Waals surface area contributed by atoms with Crippen LogP contribution in [0.2, 0.25) is 0 Å². The molecule has 0 saturated carbocycles. The Morgan fingerprint density at radius 3 is 1.68 bits per heavy atom. The summed E-state index contributed by atoms with van der Waals surface area (Å²) >= 11 is 0. The number of nitrogens with zero attached hydrogens (tertiary/aromatic N) is 1. The van der Waals surface area contributed by atoms with Gasteiger partial charge in [0.25, 0.3) is 0 Å². The van der Waals surface area contributed by atoms with Gasteiger partial charge in [0.05, 0.1) is 5.56 Å². The summed E-state index contributed by atoms with van der Waals surface area (Å²) in [7, 11) is 0. The summed E-state index contributed by atoms with van der Waals surface area (Å²) in [6.07, 6.45) is 3.55. The predicted octanol–water partition coefficient (Wildman–Crippen LogP) is 7.06. The van der Waals surface area contributed by atoms with Crippen LogP contribution in [-0.2, 0) is 19.8 Å². The van der Waals surface area contributed by atoms with Gasteiger partial charge in [-0.3, -0.25) is 0 Å². The molecule has 5 heteroatoms. The molecule has 0 bridgehead atoms. The highest BCUT2D eigenvalue weighted by atomic mass is 16.5. The first-order valence-electron chi connectivity index (χ1n) is 12.1. The maximum atomic E-state index is 12.0. The van der Waals surface area contributed by atoms with Gasteiger partial charge >= 0.3 is 5.97 Å². The smallest absolute Gasteiger partial charge is 0.337 e. The molecule has 5 aromatic rings. The van der Waals surface area contributed by atoms with Gasteiger partial charge in [0.2, 0.25) is 0 Å². The second kappa shape index (κ2) is 11.3. The van der Waals surface area contributed by atoms with Gasteiger partial charge in [-0.25, -0.2) is 4.79 Å². The highest BCUT2D eigenvalue weighted by molar-refractivity contribution is 5.96. The van der Waals surface area contributed by atoms with Crippen molar-refractivity contribution in [1.82, 2.24) is 4.57 Å². The largest absolute Gasteiger partial charge is 0.489 e. The van der Waals surface area contributed by atoms with Gasteiger partial charge in [-0.15, -0.1) is 0 Å². The van der Waals surface area contributed by atoms with Crippen LogP contribution in [0.5, 0.6) is 11.5 Å². The van der Waals surface area contributed by atoms with Gasteiger partial charge in [-0.1, -0.05) is 91.0 Å². The summed E-state index contributed by atoms with van der Waals surface area (Å²) < 4.78 is 14.1. The van der Waals surface area contributed by atoms with Crippen molar-refractivity contribution in [3.8, 4) is 22.6 Å². The normalized spacial score (nSPS) is 10.7. The quantitative estimate of drug-likeness (QED) is 0.228. The molecule has 0 aliphatic heterocycles. The molecule has 0 radical (unpaired) electrons. The van der Waals surface area contributed by atoms with Gasteiger partial charge in [0, 0.05) is 30.6 Å². The van der Waals surface area contributed by atoms with E-state index in [1.165, 1.54) is 0 Å². The Labute approximate surface area is 216 Å². The minimum absolute atomic E-state index is 0.267. The van der Waals surface area contributed by atoms with E-state index in [2.05, 4.69) is 0 Å². The molecule has 0 aliphatic carbocycles. The highest BCUT2D eigenvalue weighted by Gasteiger charge is 2.16. The fraction of sp³-hybridized carbons (Fsp3) is 0.0938. The van der Waals surface area contributed by atoms with Crippen LogP contribution in [0.25, 0.3) is 11.1 Å². The zero-order chi connectivity index (χ0) is 25.5. The van der Waals surface area contributed by atoms with Crippen LogP contribution in [0.15, 0.2) is 122 Å². The predicted molar refractivity (Wildman–Crippen MR) is 144 cm³/mol. The number of carboxylic acid groups (broad SMARTS) is 1. The average Bonchev–Trinajstić information content (AvgIpc) is 3.36. The molecule has 0 spiro atoms. The standard InChI is InChI=1S/C32H27NO4/c34-32(35)31-21-33(20-30(31)27-14-8-3-9-15-27)19-26-16-28(36-22-24-10-4-1-5-11-24)18-29(17-26)37-23-25-12-6-2-7-13-25/h1-18,20-21H,19,22-23H2,(H,34,35). The van der Waals surface area contributed by atoms with Crippen molar-refractivity contribution < 1.29 is 19.4 Å². The van der Waals surface area contributed by atoms with E-state index >= 15 is 0 Å². The van der Waals surface area contributed by atoms with Gasteiger partial charge in [-0.05, 0) is 34.4 Å². The molecule has 5 nitrogen and oxygen atoms in total. The number of ether oxygens (including phenoxy) is 2. The molecule has 184 valence electrons. The van der Waals surface area contributed by atoms with Crippen molar-refractivity contribution in [1.29, 1.82) is 0 Å². The summed E-state index contributed by atoms with van der Waals surface area (Å²) in [6, 6.07) is 35.4. The van der Waals surface area contributed by atoms with Gasteiger partial charge < -0.3 is 19.1 Å². The van der Waals surface area contributed by atoms with E-state index in [1.54, 1.807) is 6.20 Å². The molecule has 0 saturated heterocycles. The van der Waals surface area contributed by atoms with Crippen LogP contribution in [0.1, 0.15) is 27.0 Å². The zero-order valence-corrected chi connectivity index (χ0v) is 20.3. The van der Waals surface area contributed by atoms with Gasteiger partial charge in [-0.2, -0.15) is 0 Å². The number of rotatable bonds is 10. The van der Waals surface area contributed by atoms with E-state index in [-0.39, 0.29) is 5.56 Å². The molecule has 1 aromatic heterocycles. The topological polar surface area (TPSA) is 60.7 Å². The third-order valence-electron chi connectivity index (χ3n) is 6.00. The maximum Gasteiger partial charge on any atom is 0.337 e. The summed E-state index contributed by atoms with van der Waals surface area (Å²) in [5.74, 6) is 0.432. The molecular formula is C32H27NO4. The summed E-state index contributed by atoms with van der Waals surface area (Å²) in [5, 5.41) is 9.80. The van der Waals surface area contributed by atoms with Crippen LogP contribution in [0.3, 0.4) is 0 Å². The molecular weight excluding hydrogens is 462 g/mol. The van der Waals surface area contributed by atoms with E-state index in [1.807, 2.05) is 120 Å².